The molecule has 0 radical (unpaired) electrons. The Kier molecular flexibility index (Phi) is 6.99. The number of aromatic nitrogens is 2. The van der Waals surface area contributed by atoms with E-state index in [9.17, 15) is 17.6 Å². The lowest BCUT2D eigenvalue weighted by Crippen LogP contribution is -2.13. The van der Waals surface area contributed by atoms with Gasteiger partial charge in [0.1, 0.15) is 17.4 Å². The van der Waals surface area contributed by atoms with Crippen molar-refractivity contribution < 1.29 is 22.1 Å². The zero-order valence-corrected chi connectivity index (χ0v) is 17.8. The van der Waals surface area contributed by atoms with Crippen LogP contribution in [0.15, 0.2) is 53.1 Å². The number of benzene rings is 2. The lowest BCUT2D eigenvalue weighted by Gasteiger charge is -2.13. The van der Waals surface area contributed by atoms with Crippen LogP contribution in [0.5, 0.6) is 0 Å². The quantitative estimate of drug-likeness (QED) is 0.490. The van der Waals surface area contributed by atoms with E-state index in [0.29, 0.717) is 17.0 Å². The summed E-state index contributed by atoms with van der Waals surface area (Å²) in [6.45, 7) is 0. The van der Waals surface area contributed by atoms with E-state index in [1.54, 1.807) is 24.3 Å². The van der Waals surface area contributed by atoms with Crippen LogP contribution in [0.4, 0.5) is 4.39 Å². The van der Waals surface area contributed by atoms with Gasteiger partial charge in [0.2, 0.25) is 5.89 Å². The van der Waals surface area contributed by atoms with Gasteiger partial charge in [0.05, 0.1) is 0 Å². The number of carbonyl (C=O) groups is 1. The maximum atomic E-state index is 13.1. The van der Waals surface area contributed by atoms with Crippen molar-refractivity contribution in [2.75, 3.05) is 6.26 Å². The molecule has 1 atom stereocenters. The third-order valence-electron chi connectivity index (χ3n) is 4.42. The second-order valence-corrected chi connectivity index (χ2v) is 9.77. The van der Waals surface area contributed by atoms with Crippen LogP contribution in [0.3, 0.4) is 0 Å². The molecule has 0 amide bonds. The predicted molar refractivity (Wildman–Crippen MR) is 110 cm³/mol. The smallest absolute Gasteiger partial charge is 0.241 e. The fourth-order valence-electron chi connectivity index (χ4n) is 3.05. The first-order valence-corrected chi connectivity index (χ1v) is 11.6. The third-order valence-corrected chi connectivity index (χ3v) is 5.44. The molecule has 0 saturated carbocycles. The number of Topliss-reactive ketones (excluding diaryl/α,β-unsaturated/α-hetero) is 1. The van der Waals surface area contributed by atoms with Crippen LogP contribution in [0, 0.1) is 5.82 Å². The molecule has 3 aromatic rings. The molecule has 0 aliphatic carbocycles. The van der Waals surface area contributed by atoms with Crippen molar-refractivity contribution in [3.05, 3.63) is 82.2 Å². The van der Waals surface area contributed by atoms with E-state index in [0.717, 1.165) is 11.8 Å². The van der Waals surface area contributed by atoms with Gasteiger partial charge in [-0.25, -0.2) is 12.8 Å². The number of sulfone groups is 1. The van der Waals surface area contributed by atoms with Crippen molar-refractivity contribution >= 4 is 27.2 Å². The SMILES string of the molecule is CS(=O)(=O)Cc1nc([C@@H](CC(=O)Cc2ccc(F)cc2)Cc2ccc(Cl)cc2)no1. The Bertz CT molecular complexity index is 1110. The van der Waals surface area contributed by atoms with Crippen LogP contribution in [0.2, 0.25) is 5.02 Å². The fraction of sp³-hybridized carbons (Fsp3) is 0.286. The molecule has 9 heteroatoms. The summed E-state index contributed by atoms with van der Waals surface area (Å²) in [5, 5.41) is 4.50. The van der Waals surface area contributed by atoms with Crippen molar-refractivity contribution in [2.45, 2.75) is 30.9 Å². The third kappa shape index (κ3) is 6.74. The van der Waals surface area contributed by atoms with Gasteiger partial charge in [-0.05, 0) is 41.8 Å². The molecule has 6 nitrogen and oxygen atoms in total. The maximum Gasteiger partial charge on any atom is 0.241 e. The highest BCUT2D eigenvalue weighted by molar-refractivity contribution is 7.89. The van der Waals surface area contributed by atoms with E-state index in [1.807, 2.05) is 12.1 Å². The molecule has 0 aliphatic heterocycles. The van der Waals surface area contributed by atoms with Gasteiger partial charge >= 0.3 is 0 Å². The van der Waals surface area contributed by atoms with Crippen molar-refractivity contribution in [2.24, 2.45) is 0 Å². The van der Waals surface area contributed by atoms with Gasteiger partial charge < -0.3 is 4.52 Å². The Labute approximate surface area is 179 Å². The molecule has 2 aromatic carbocycles. The summed E-state index contributed by atoms with van der Waals surface area (Å²) >= 11 is 5.94. The summed E-state index contributed by atoms with van der Waals surface area (Å²) in [6.07, 6.45) is 1.79. The lowest BCUT2D eigenvalue weighted by molar-refractivity contribution is -0.118. The van der Waals surface area contributed by atoms with Gasteiger partial charge in [-0.1, -0.05) is 41.0 Å². The van der Waals surface area contributed by atoms with E-state index < -0.39 is 15.8 Å². The van der Waals surface area contributed by atoms with Gasteiger partial charge in [-0.3, -0.25) is 4.79 Å². The summed E-state index contributed by atoms with van der Waals surface area (Å²) in [7, 11) is -3.33. The molecule has 30 heavy (non-hydrogen) atoms. The number of hydrogen-bond acceptors (Lipinski definition) is 6. The number of rotatable bonds is 9. The average molecular weight is 451 g/mol. The van der Waals surface area contributed by atoms with Gasteiger partial charge in [0.25, 0.3) is 0 Å². The van der Waals surface area contributed by atoms with Gasteiger partial charge in [0, 0.05) is 30.0 Å². The highest BCUT2D eigenvalue weighted by Crippen LogP contribution is 2.25. The summed E-state index contributed by atoms with van der Waals surface area (Å²) in [5.74, 6) is -0.948. The minimum atomic E-state index is -3.33. The molecule has 0 spiro atoms. The van der Waals surface area contributed by atoms with E-state index in [2.05, 4.69) is 10.1 Å². The average Bonchev–Trinajstić information content (AvgIpc) is 3.11. The first kappa shape index (κ1) is 22.1. The Morgan fingerprint density at radius 1 is 1.10 bits per heavy atom. The van der Waals surface area contributed by atoms with Crippen molar-refractivity contribution in [3.63, 3.8) is 0 Å². The first-order valence-electron chi connectivity index (χ1n) is 9.19. The van der Waals surface area contributed by atoms with E-state index >= 15 is 0 Å². The monoisotopic (exact) mass is 450 g/mol. The van der Waals surface area contributed by atoms with Crippen molar-refractivity contribution in [1.82, 2.24) is 10.1 Å². The normalized spacial score (nSPS) is 12.6. The highest BCUT2D eigenvalue weighted by Gasteiger charge is 2.23. The van der Waals surface area contributed by atoms with Crippen molar-refractivity contribution in [1.29, 1.82) is 0 Å². The maximum absolute atomic E-state index is 13.1. The van der Waals surface area contributed by atoms with Gasteiger partial charge in [-0.2, -0.15) is 4.98 Å². The van der Waals surface area contributed by atoms with E-state index in [4.69, 9.17) is 16.1 Å². The summed E-state index contributed by atoms with van der Waals surface area (Å²) in [5.41, 5.74) is 1.63. The minimum Gasteiger partial charge on any atom is -0.338 e. The first-order chi connectivity index (χ1) is 14.2. The molecule has 1 aromatic heterocycles. The van der Waals surface area contributed by atoms with Crippen LogP contribution in [-0.2, 0) is 33.2 Å². The molecule has 0 fully saturated rings. The summed E-state index contributed by atoms with van der Waals surface area (Å²) < 4.78 is 41.1. The molecule has 0 saturated heterocycles. The summed E-state index contributed by atoms with van der Waals surface area (Å²) in [4.78, 5) is 16.9. The van der Waals surface area contributed by atoms with Crippen LogP contribution >= 0.6 is 11.6 Å². The van der Waals surface area contributed by atoms with Crippen LogP contribution in [-0.4, -0.2) is 30.6 Å². The molecule has 3 rings (SSSR count). The highest BCUT2D eigenvalue weighted by atomic mass is 35.5. The lowest BCUT2D eigenvalue weighted by atomic mass is 9.91. The molecule has 0 bridgehead atoms. The van der Waals surface area contributed by atoms with Crippen LogP contribution < -0.4 is 0 Å². The van der Waals surface area contributed by atoms with Crippen LogP contribution in [0.1, 0.15) is 35.2 Å². The van der Waals surface area contributed by atoms with Crippen LogP contribution in [0.25, 0.3) is 0 Å². The van der Waals surface area contributed by atoms with E-state index in [-0.39, 0.29) is 41.9 Å². The Morgan fingerprint density at radius 2 is 1.73 bits per heavy atom. The topological polar surface area (TPSA) is 90.1 Å². The molecule has 0 N–H and O–H groups in total. The minimum absolute atomic E-state index is 0.0143. The van der Waals surface area contributed by atoms with Gasteiger partial charge in [0.15, 0.2) is 15.7 Å². The van der Waals surface area contributed by atoms with E-state index in [1.165, 1.54) is 12.1 Å². The standard InChI is InChI=1S/C21H20ClFN2O4S/c1-30(27,28)13-20-24-21(25-29-20)16(10-14-2-6-17(22)7-3-14)12-19(26)11-15-4-8-18(23)9-5-15/h2-9,16H,10-13H2,1H3/t16-/m1/s1. The number of nitrogens with zero attached hydrogens (tertiary/aromatic N) is 2. The zero-order chi connectivity index (χ0) is 21.7. The molecular formula is C21H20ClFN2O4S. The van der Waals surface area contributed by atoms with Crippen molar-refractivity contribution in [3.8, 4) is 0 Å². The number of ketones is 1. The number of carbonyl (C=O) groups excluding carboxylic acids is 1. The number of hydrogen-bond donors (Lipinski definition) is 0. The fourth-order valence-corrected chi connectivity index (χ4v) is 3.75. The zero-order valence-electron chi connectivity index (χ0n) is 16.2. The Morgan fingerprint density at radius 3 is 2.37 bits per heavy atom. The molecular weight excluding hydrogens is 431 g/mol. The second-order valence-electron chi connectivity index (χ2n) is 7.19. The molecule has 0 unspecified atom stereocenters. The largest absolute Gasteiger partial charge is 0.338 e. The predicted octanol–water partition coefficient (Wildman–Crippen LogP) is 3.93. The Balaban J connectivity index is 1.78. The Hall–Kier alpha value is -2.58. The molecule has 158 valence electrons. The number of halogens is 2. The summed E-state index contributed by atoms with van der Waals surface area (Å²) in [6, 6.07) is 12.9. The van der Waals surface area contributed by atoms with Gasteiger partial charge in [-0.15, -0.1) is 0 Å². The second kappa shape index (κ2) is 9.49. The molecule has 0 aliphatic rings. The molecule has 1 heterocycles.